The van der Waals surface area contributed by atoms with E-state index in [0.717, 1.165) is 6.41 Å². The Kier molecular flexibility index (Phi) is 6.04. The first-order valence-electron chi connectivity index (χ1n) is 8.72. The highest BCUT2D eigenvalue weighted by Gasteiger charge is 2.31. The summed E-state index contributed by atoms with van der Waals surface area (Å²) < 4.78 is 0. The quantitative estimate of drug-likeness (QED) is 0.734. The van der Waals surface area contributed by atoms with Gasteiger partial charge in [0.15, 0.2) is 0 Å². The van der Waals surface area contributed by atoms with Crippen molar-refractivity contribution in [3.63, 3.8) is 0 Å². The predicted molar refractivity (Wildman–Crippen MR) is 99.3 cm³/mol. The number of hydrogen-bond acceptors (Lipinski definition) is 3. The van der Waals surface area contributed by atoms with Gasteiger partial charge in [0.05, 0.1) is 10.0 Å². The molecule has 3 amide bonds. The summed E-state index contributed by atoms with van der Waals surface area (Å²) in [4.78, 5) is 41.3. The third-order valence-electron chi connectivity index (χ3n) is 5.07. The molecule has 2 fully saturated rings. The summed E-state index contributed by atoms with van der Waals surface area (Å²) in [7, 11) is 0. The topological polar surface area (TPSA) is 60.9 Å². The van der Waals surface area contributed by atoms with Crippen molar-refractivity contribution in [3.05, 3.63) is 33.8 Å². The van der Waals surface area contributed by atoms with Crippen molar-refractivity contribution in [1.29, 1.82) is 0 Å². The van der Waals surface area contributed by atoms with Crippen LogP contribution in [0.15, 0.2) is 18.2 Å². The van der Waals surface area contributed by atoms with Crippen LogP contribution >= 0.6 is 23.2 Å². The molecular weight excluding hydrogens is 377 g/mol. The Labute approximate surface area is 162 Å². The molecule has 6 nitrogen and oxygen atoms in total. The van der Waals surface area contributed by atoms with Crippen LogP contribution in [0.5, 0.6) is 0 Å². The van der Waals surface area contributed by atoms with Crippen LogP contribution in [-0.2, 0) is 9.59 Å². The van der Waals surface area contributed by atoms with E-state index in [4.69, 9.17) is 23.2 Å². The van der Waals surface area contributed by atoms with Crippen molar-refractivity contribution >= 4 is 41.4 Å². The number of carbonyl (C=O) groups excluding carboxylic acids is 3. The Morgan fingerprint density at radius 3 is 2.15 bits per heavy atom. The lowest BCUT2D eigenvalue weighted by Gasteiger charge is -2.37. The van der Waals surface area contributed by atoms with Crippen LogP contribution in [0.3, 0.4) is 0 Å². The normalized spacial score (nSPS) is 18.8. The molecule has 140 valence electrons. The van der Waals surface area contributed by atoms with E-state index in [0.29, 0.717) is 67.7 Å². The van der Waals surface area contributed by atoms with E-state index >= 15 is 0 Å². The standard InChI is InChI=1S/C18H21Cl2N3O3/c19-15-2-1-14(11-16(15)20)18(26)22-5-3-13(4-6-22)17(25)23-9-7-21(12-24)8-10-23/h1-2,11-13H,3-10H2. The molecule has 0 unspecified atom stereocenters. The molecule has 0 atom stereocenters. The van der Waals surface area contributed by atoms with Crippen molar-refractivity contribution in [2.24, 2.45) is 5.92 Å². The zero-order chi connectivity index (χ0) is 18.7. The number of nitrogens with zero attached hydrogens (tertiary/aromatic N) is 3. The summed E-state index contributed by atoms with van der Waals surface area (Å²) in [6.45, 7) is 3.43. The highest BCUT2D eigenvalue weighted by molar-refractivity contribution is 6.42. The summed E-state index contributed by atoms with van der Waals surface area (Å²) in [5.41, 5.74) is 0.508. The van der Waals surface area contributed by atoms with Gasteiger partial charge in [0.1, 0.15) is 0 Å². The van der Waals surface area contributed by atoms with Crippen LogP contribution in [0.4, 0.5) is 0 Å². The fourth-order valence-corrected chi connectivity index (χ4v) is 3.75. The summed E-state index contributed by atoms with van der Waals surface area (Å²) >= 11 is 11.9. The van der Waals surface area contributed by atoms with Crippen molar-refractivity contribution < 1.29 is 14.4 Å². The lowest BCUT2D eigenvalue weighted by atomic mass is 9.94. The number of piperazine rings is 1. The molecule has 2 aliphatic rings. The lowest BCUT2D eigenvalue weighted by molar-refractivity contribution is -0.140. The zero-order valence-corrected chi connectivity index (χ0v) is 15.9. The molecule has 1 aromatic rings. The minimum absolute atomic E-state index is 0.0596. The fraction of sp³-hybridized carbons (Fsp3) is 0.500. The number of halogens is 2. The molecular formula is C18H21Cl2N3O3. The van der Waals surface area contributed by atoms with E-state index in [-0.39, 0.29) is 17.7 Å². The van der Waals surface area contributed by atoms with Crippen molar-refractivity contribution in [2.45, 2.75) is 12.8 Å². The van der Waals surface area contributed by atoms with Crippen LogP contribution in [0.1, 0.15) is 23.2 Å². The van der Waals surface area contributed by atoms with Gasteiger partial charge in [0.25, 0.3) is 5.91 Å². The van der Waals surface area contributed by atoms with Gasteiger partial charge in [0.2, 0.25) is 12.3 Å². The number of piperidine rings is 1. The molecule has 2 aliphatic heterocycles. The van der Waals surface area contributed by atoms with Gasteiger partial charge in [0, 0.05) is 50.7 Å². The number of amides is 3. The first kappa shape index (κ1) is 19.0. The molecule has 0 saturated carbocycles. The minimum Gasteiger partial charge on any atom is -0.342 e. The smallest absolute Gasteiger partial charge is 0.253 e. The third kappa shape index (κ3) is 4.13. The van der Waals surface area contributed by atoms with E-state index in [2.05, 4.69) is 0 Å². The second-order valence-corrected chi connectivity index (χ2v) is 7.48. The second-order valence-electron chi connectivity index (χ2n) is 6.66. The highest BCUT2D eigenvalue weighted by atomic mass is 35.5. The third-order valence-corrected chi connectivity index (χ3v) is 5.81. The predicted octanol–water partition coefficient (Wildman–Crippen LogP) is 2.15. The van der Waals surface area contributed by atoms with Gasteiger partial charge in [-0.2, -0.15) is 0 Å². The monoisotopic (exact) mass is 397 g/mol. The van der Waals surface area contributed by atoms with Crippen molar-refractivity contribution in [1.82, 2.24) is 14.7 Å². The Morgan fingerprint density at radius 1 is 0.923 bits per heavy atom. The van der Waals surface area contributed by atoms with Crippen LogP contribution in [0.25, 0.3) is 0 Å². The SMILES string of the molecule is O=CN1CCN(C(=O)C2CCN(C(=O)c3ccc(Cl)c(Cl)c3)CC2)CC1. The Morgan fingerprint density at radius 2 is 1.58 bits per heavy atom. The van der Waals surface area contributed by atoms with Gasteiger partial charge in [-0.25, -0.2) is 0 Å². The molecule has 0 radical (unpaired) electrons. The Hall–Kier alpha value is -1.79. The van der Waals surface area contributed by atoms with Gasteiger partial charge in [-0.15, -0.1) is 0 Å². The first-order valence-corrected chi connectivity index (χ1v) is 9.47. The number of likely N-dealkylation sites (tertiary alicyclic amines) is 1. The van der Waals surface area contributed by atoms with E-state index in [1.807, 2.05) is 4.90 Å². The molecule has 2 heterocycles. The average molecular weight is 398 g/mol. The molecule has 0 aromatic heterocycles. The van der Waals surface area contributed by atoms with Crippen molar-refractivity contribution in [3.8, 4) is 0 Å². The van der Waals surface area contributed by atoms with E-state index in [1.165, 1.54) is 0 Å². The fourth-order valence-electron chi connectivity index (χ4n) is 3.45. The molecule has 2 saturated heterocycles. The van der Waals surface area contributed by atoms with E-state index in [1.54, 1.807) is 28.0 Å². The average Bonchev–Trinajstić information content (AvgIpc) is 2.69. The number of rotatable bonds is 3. The molecule has 0 N–H and O–H groups in total. The zero-order valence-electron chi connectivity index (χ0n) is 14.4. The lowest BCUT2D eigenvalue weighted by Crippen LogP contribution is -2.51. The maximum Gasteiger partial charge on any atom is 0.253 e. The maximum atomic E-state index is 12.7. The highest BCUT2D eigenvalue weighted by Crippen LogP contribution is 2.25. The Balaban J connectivity index is 1.53. The summed E-state index contributed by atoms with van der Waals surface area (Å²) in [5, 5.41) is 0.777. The summed E-state index contributed by atoms with van der Waals surface area (Å²) in [6.07, 6.45) is 2.13. The molecule has 0 spiro atoms. The van der Waals surface area contributed by atoms with E-state index < -0.39 is 0 Å². The summed E-state index contributed by atoms with van der Waals surface area (Å²) in [5.74, 6) is -0.0121. The molecule has 3 rings (SSSR count). The van der Waals surface area contributed by atoms with Crippen LogP contribution < -0.4 is 0 Å². The van der Waals surface area contributed by atoms with Crippen molar-refractivity contribution in [2.75, 3.05) is 39.3 Å². The minimum atomic E-state index is -0.0888. The van der Waals surface area contributed by atoms with Gasteiger partial charge in [-0.05, 0) is 31.0 Å². The molecule has 0 bridgehead atoms. The maximum absolute atomic E-state index is 12.7. The van der Waals surface area contributed by atoms with Gasteiger partial charge < -0.3 is 14.7 Å². The van der Waals surface area contributed by atoms with Gasteiger partial charge >= 0.3 is 0 Å². The summed E-state index contributed by atoms with van der Waals surface area (Å²) in [6, 6.07) is 4.86. The van der Waals surface area contributed by atoms with Crippen LogP contribution in [0.2, 0.25) is 10.0 Å². The number of benzene rings is 1. The molecule has 26 heavy (non-hydrogen) atoms. The van der Waals surface area contributed by atoms with Gasteiger partial charge in [-0.1, -0.05) is 23.2 Å². The largest absolute Gasteiger partial charge is 0.342 e. The first-order chi connectivity index (χ1) is 12.5. The second kappa shape index (κ2) is 8.27. The van der Waals surface area contributed by atoms with Gasteiger partial charge in [-0.3, -0.25) is 14.4 Å². The van der Waals surface area contributed by atoms with E-state index in [9.17, 15) is 14.4 Å². The number of hydrogen-bond donors (Lipinski definition) is 0. The number of carbonyl (C=O) groups is 3. The Bertz CT molecular complexity index is 697. The molecule has 1 aromatic carbocycles. The van der Waals surface area contributed by atoms with Crippen LogP contribution in [-0.4, -0.2) is 72.2 Å². The molecule has 0 aliphatic carbocycles. The molecule has 8 heteroatoms. The van der Waals surface area contributed by atoms with Crippen LogP contribution in [0, 0.1) is 5.92 Å².